The summed E-state index contributed by atoms with van der Waals surface area (Å²) < 4.78 is 55.8. The molecule has 0 spiro atoms. The van der Waals surface area contributed by atoms with Crippen LogP contribution in [0.5, 0.6) is 23.1 Å². The fourth-order valence-corrected chi connectivity index (χ4v) is 2.83. The highest BCUT2D eigenvalue weighted by molar-refractivity contribution is 7.80. The van der Waals surface area contributed by atoms with Crippen LogP contribution < -0.4 is 24.8 Å². The lowest BCUT2D eigenvalue weighted by atomic mass is 10.2. The van der Waals surface area contributed by atoms with E-state index in [2.05, 4.69) is 20.6 Å². The summed E-state index contributed by atoms with van der Waals surface area (Å²) in [5.41, 5.74) is -0.319. The van der Waals surface area contributed by atoms with Crippen molar-refractivity contribution in [3.05, 3.63) is 65.9 Å². The Morgan fingerprint density at radius 1 is 1.03 bits per heavy atom. The number of nitrogens with one attached hydrogen (secondary N) is 2. The molecule has 0 amide bonds. The van der Waals surface area contributed by atoms with E-state index in [9.17, 15) is 13.2 Å². The molecule has 0 atom stereocenters. The van der Waals surface area contributed by atoms with Crippen molar-refractivity contribution in [2.75, 3.05) is 12.1 Å². The Morgan fingerprint density at radius 2 is 1.81 bits per heavy atom. The van der Waals surface area contributed by atoms with Gasteiger partial charge in [0.05, 0.1) is 0 Å². The number of hydrogen-bond donors (Lipinski definition) is 2. The van der Waals surface area contributed by atoms with Gasteiger partial charge in [-0.2, -0.15) is 18.2 Å². The van der Waals surface area contributed by atoms with E-state index in [0.29, 0.717) is 23.8 Å². The van der Waals surface area contributed by atoms with E-state index in [1.54, 1.807) is 42.5 Å². The zero-order valence-corrected chi connectivity index (χ0v) is 16.6. The Balaban J connectivity index is 1.46. The second-order valence-corrected chi connectivity index (χ2v) is 6.73. The van der Waals surface area contributed by atoms with Crippen molar-refractivity contribution < 1.29 is 27.4 Å². The first kappa shape index (κ1) is 20.7. The molecule has 0 aliphatic carbocycles. The average molecular weight is 448 g/mol. The molecule has 0 unspecified atom stereocenters. The number of para-hydroxylation sites is 1. The number of ether oxygens (including phenoxy) is 3. The highest BCUT2D eigenvalue weighted by Gasteiger charge is 2.34. The molecule has 2 heterocycles. The second kappa shape index (κ2) is 8.64. The molecule has 160 valence electrons. The molecule has 2 aromatic carbocycles. The van der Waals surface area contributed by atoms with Crippen molar-refractivity contribution in [1.29, 1.82) is 0 Å². The van der Waals surface area contributed by atoms with Gasteiger partial charge in [-0.25, -0.2) is 4.98 Å². The summed E-state index contributed by atoms with van der Waals surface area (Å²) in [5, 5.41) is 5.50. The maximum atomic E-state index is 13.3. The summed E-state index contributed by atoms with van der Waals surface area (Å²) in [4.78, 5) is 7.47. The van der Waals surface area contributed by atoms with Gasteiger partial charge in [0.1, 0.15) is 5.75 Å². The summed E-state index contributed by atoms with van der Waals surface area (Å²) in [6.07, 6.45) is -4.68. The van der Waals surface area contributed by atoms with E-state index in [0.717, 1.165) is 11.6 Å². The van der Waals surface area contributed by atoms with E-state index in [1.807, 2.05) is 6.07 Å². The first-order valence-corrected chi connectivity index (χ1v) is 9.40. The maximum absolute atomic E-state index is 13.3. The van der Waals surface area contributed by atoms with Crippen LogP contribution in [0.3, 0.4) is 0 Å². The molecule has 0 fully saturated rings. The van der Waals surface area contributed by atoms with Gasteiger partial charge in [-0.15, -0.1) is 0 Å². The molecule has 0 saturated heterocycles. The lowest BCUT2D eigenvalue weighted by Gasteiger charge is -2.13. The van der Waals surface area contributed by atoms with Crippen LogP contribution >= 0.6 is 12.2 Å². The van der Waals surface area contributed by atoms with Crippen molar-refractivity contribution >= 4 is 23.3 Å². The van der Waals surface area contributed by atoms with Gasteiger partial charge >= 0.3 is 6.18 Å². The molecule has 0 saturated carbocycles. The van der Waals surface area contributed by atoms with Crippen molar-refractivity contribution in [3.63, 3.8) is 0 Å². The normalized spacial score (nSPS) is 12.4. The van der Waals surface area contributed by atoms with Crippen LogP contribution in [-0.4, -0.2) is 21.9 Å². The van der Waals surface area contributed by atoms with E-state index in [-0.39, 0.29) is 23.7 Å². The van der Waals surface area contributed by atoms with E-state index in [4.69, 9.17) is 26.4 Å². The molecule has 3 aromatic rings. The fraction of sp³-hybridized carbons (Fsp3) is 0.150. The van der Waals surface area contributed by atoms with E-state index in [1.165, 1.54) is 0 Å². The summed E-state index contributed by atoms with van der Waals surface area (Å²) in [6.45, 7) is 0.460. The molecule has 11 heteroatoms. The molecule has 0 bridgehead atoms. The number of thiocarbonyl (C=S) groups is 1. The van der Waals surface area contributed by atoms with Crippen molar-refractivity contribution in [1.82, 2.24) is 15.3 Å². The summed E-state index contributed by atoms with van der Waals surface area (Å²) in [5.74, 6) is 0.983. The molecule has 1 aliphatic heterocycles. The Morgan fingerprint density at radius 3 is 2.58 bits per heavy atom. The second-order valence-electron chi connectivity index (χ2n) is 6.32. The van der Waals surface area contributed by atoms with Crippen molar-refractivity contribution in [2.45, 2.75) is 12.7 Å². The van der Waals surface area contributed by atoms with Gasteiger partial charge < -0.3 is 24.8 Å². The Hall–Kier alpha value is -3.60. The molecule has 2 N–H and O–H groups in total. The van der Waals surface area contributed by atoms with Gasteiger partial charge in [0.15, 0.2) is 22.3 Å². The average Bonchev–Trinajstić information content (AvgIpc) is 3.20. The third kappa shape index (κ3) is 5.31. The number of halogens is 3. The summed E-state index contributed by atoms with van der Waals surface area (Å²) in [6, 6.07) is 14.4. The van der Waals surface area contributed by atoms with Gasteiger partial charge in [-0.1, -0.05) is 24.3 Å². The Kier molecular flexibility index (Phi) is 5.76. The third-order valence-electron chi connectivity index (χ3n) is 4.07. The number of hydrogen-bond acceptors (Lipinski definition) is 6. The van der Waals surface area contributed by atoms with Gasteiger partial charge in [-0.3, -0.25) is 0 Å². The van der Waals surface area contributed by atoms with Crippen molar-refractivity contribution in [3.8, 4) is 23.1 Å². The van der Waals surface area contributed by atoms with Crippen LogP contribution in [-0.2, 0) is 12.7 Å². The van der Waals surface area contributed by atoms with Crippen molar-refractivity contribution in [2.24, 2.45) is 0 Å². The molecule has 31 heavy (non-hydrogen) atoms. The number of rotatable bonds is 5. The molecule has 7 nitrogen and oxygen atoms in total. The third-order valence-corrected chi connectivity index (χ3v) is 4.32. The highest BCUT2D eigenvalue weighted by Crippen LogP contribution is 2.33. The smallest absolute Gasteiger partial charge is 0.433 e. The topological polar surface area (TPSA) is 77.5 Å². The zero-order valence-electron chi connectivity index (χ0n) is 15.8. The van der Waals surface area contributed by atoms with E-state index < -0.39 is 11.9 Å². The fourth-order valence-electron chi connectivity index (χ4n) is 2.67. The molecular weight excluding hydrogens is 433 g/mol. The standard InChI is InChI=1S/C20H15F3N4O3S/c21-20(22,23)16-9-17(30-13-4-2-1-3-5-13)26-18(25-16)27-19(31)24-10-12-6-7-14-15(8-12)29-11-28-14/h1-9H,10-11H2,(H2,24,25,26,27,31). The Labute approximate surface area is 180 Å². The molecule has 1 aromatic heterocycles. The van der Waals surface area contributed by atoms with Gasteiger partial charge in [-0.05, 0) is 42.0 Å². The van der Waals surface area contributed by atoms with Crippen LogP contribution in [0.2, 0.25) is 0 Å². The predicted molar refractivity (Wildman–Crippen MR) is 109 cm³/mol. The van der Waals surface area contributed by atoms with Gasteiger partial charge in [0.25, 0.3) is 0 Å². The maximum Gasteiger partial charge on any atom is 0.433 e. The monoisotopic (exact) mass is 448 g/mol. The number of aromatic nitrogens is 2. The lowest BCUT2D eigenvalue weighted by Crippen LogP contribution is -2.29. The number of alkyl halides is 3. The highest BCUT2D eigenvalue weighted by atomic mass is 32.1. The minimum absolute atomic E-state index is 0.0441. The largest absolute Gasteiger partial charge is 0.454 e. The van der Waals surface area contributed by atoms with Crippen LogP contribution in [0.25, 0.3) is 0 Å². The number of anilines is 1. The lowest BCUT2D eigenvalue weighted by molar-refractivity contribution is -0.141. The number of nitrogens with zero attached hydrogens (tertiary/aromatic N) is 2. The van der Waals surface area contributed by atoms with E-state index >= 15 is 0 Å². The number of benzene rings is 2. The summed E-state index contributed by atoms with van der Waals surface area (Å²) in [7, 11) is 0. The minimum atomic E-state index is -4.68. The molecular formula is C20H15F3N4O3S. The first-order valence-electron chi connectivity index (χ1n) is 8.99. The Bertz CT molecular complexity index is 1100. The van der Waals surface area contributed by atoms with Crippen LogP contribution in [0.15, 0.2) is 54.6 Å². The van der Waals surface area contributed by atoms with Crippen LogP contribution in [0, 0.1) is 0 Å². The SMILES string of the molecule is FC(F)(F)c1cc(Oc2ccccc2)nc(NC(=S)NCc2ccc3c(c2)OCO3)n1. The van der Waals surface area contributed by atoms with Crippen LogP contribution in [0.4, 0.5) is 19.1 Å². The minimum Gasteiger partial charge on any atom is -0.454 e. The quantitative estimate of drug-likeness (QED) is 0.553. The van der Waals surface area contributed by atoms with Gasteiger partial charge in [0, 0.05) is 12.6 Å². The molecule has 0 radical (unpaired) electrons. The molecule has 1 aliphatic rings. The zero-order chi connectivity index (χ0) is 21.8. The predicted octanol–water partition coefficient (Wildman–Crippen LogP) is 4.50. The summed E-state index contributed by atoms with van der Waals surface area (Å²) >= 11 is 5.16. The van der Waals surface area contributed by atoms with Gasteiger partial charge in [0.2, 0.25) is 18.6 Å². The number of fused-ring (bicyclic) bond motifs is 1. The molecule has 4 rings (SSSR count). The van der Waals surface area contributed by atoms with Crippen LogP contribution in [0.1, 0.15) is 11.3 Å². The first-order chi connectivity index (χ1) is 14.9.